The molecular weight excluding hydrogens is 166 g/mol. The SMILES string of the molecule is N#CC1C=CCN1C(=O)C1(N)CC1. The zero-order valence-corrected chi connectivity index (χ0v) is 7.23. The summed E-state index contributed by atoms with van der Waals surface area (Å²) in [5, 5.41) is 8.74. The van der Waals surface area contributed by atoms with Crippen LogP contribution in [0.2, 0.25) is 0 Å². The molecule has 1 unspecified atom stereocenters. The van der Waals surface area contributed by atoms with Gasteiger partial charge < -0.3 is 10.6 Å². The molecule has 0 radical (unpaired) electrons. The van der Waals surface area contributed by atoms with Crippen molar-refractivity contribution in [3.63, 3.8) is 0 Å². The molecule has 0 aromatic carbocycles. The Labute approximate surface area is 76.6 Å². The van der Waals surface area contributed by atoms with Gasteiger partial charge in [-0.15, -0.1) is 0 Å². The molecule has 0 bridgehead atoms. The zero-order valence-electron chi connectivity index (χ0n) is 7.23. The van der Waals surface area contributed by atoms with Crippen molar-refractivity contribution in [2.75, 3.05) is 6.54 Å². The van der Waals surface area contributed by atoms with E-state index in [2.05, 4.69) is 6.07 Å². The highest BCUT2D eigenvalue weighted by Gasteiger charge is 2.49. The lowest BCUT2D eigenvalue weighted by Crippen LogP contribution is -2.47. The van der Waals surface area contributed by atoms with E-state index in [0.717, 1.165) is 12.8 Å². The van der Waals surface area contributed by atoms with Gasteiger partial charge in [0.05, 0.1) is 11.6 Å². The normalized spacial score (nSPS) is 28.6. The number of hydrogen-bond donors (Lipinski definition) is 1. The number of hydrogen-bond acceptors (Lipinski definition) is 3. The molecule has 1 saturated carbocycles. The third kappa shape index (κ3) is 1.21. The molecule has 0 aromatic heterocycles. The summed E-state index contributed by atoms with van der Waals surface area (Å²) in [6.07, 6.45) is 5.07. The lowest BCUT2D eigenvalue weighted by atomic mass is 10.2. The van der Waals surface area contributed by atoms with Crippen molar-refractivity contribution < 1.29 is 4.79 Å². The molecule has 2 aliphatic rings. The van der Waals surface area contributed by atoms with Gasteiger partial charge >= 0.3 is 0 Å². The molecule has 2 N–H and O–H groups in total. The molecule has 2 rings (SSSR count). The smallest absolute Gasteiger partial charge is 0.244 e. The van der Waals surface area contributed by atoms with Crippen molar-refractivity contribution in [1.29, 1.82) is 5.26 Å². The molecule has 0 aromatic rings. The molecule has 1 aliphatic carbocycles. The van der Waals surface area contributed by atoms with Crippen LogP contribution in [0, 0.1) is 11.3 Å². The number of amides is 1. The lowest BCUT2D eigenvalue weighted by Gasteiger charge is -2.22. The topological polar surface area (TPSA) is 70.1 Å². The van der Waals surface area contributed by atoms with E-state index in [1.165, 1.54) is 4.90 Å². The van der Waals surface area contributed by atoms with Gasteiger partial charge in [0.25, 0.3) is 0 Å². The van der Waals surface area contributed by atoms with Crippen LogP contribution in [0.3, 0.4) is 0 Å². The third-order valence-corrected chi connectivity index (χ3v) is 2.56. The third-order valence-electron chi connectivity index (χ3n) is 2.56. The van der Waals surface area contributed by atoms with E-state index in [1.807, 2.05) is 6.08 Å². The predicted molar refractivity (Wildman–Crippen MR) is 46.4 cm³/mol. The van der Waals surface area contributed by atoms with Crippen molar-refractivity contribution >= 4 is 5.91 Å². The van der Waals surface area contributed by atoms with Crippen molar-refractivity contribution in [2.24, 2.45) is 5.73 Å². The van der Waals surface area contributed by atoms with E-state index in [1.54, 1.807) is 6.08 Å². The molecule has 1 atom stereocenters. The highest BCUT2D eigenvalue weighted by molar-refractivity contribution is 5.90. The summed E-state index contributed by atoms with van der Waals surface area (Å²) in [5.74, 6) is -0.0796. The van der Waals surface area contributed by atoms with Gasteiger partial charge in [-0.05, 0) is 18.9 Å². The molecule has 0 spiro atoms. The van der Waals surface area contributed by atoms with Gasteiger partial charge in [0.1, 0.15) is 6.04 Å². The lowest BCUT2D eigenvalue weighted by molar-refractivity contribution is -0.133. The Balaban J connectivity index is 2.10. The Hall–Kier alpha value is -1.34. The highest BCUT2D eigenvalue weighted by atomic mass is 16.2. The number of nitrogens with zero attached hydrogens (tertiary/aromatic N) is 2. The molecule has 13 heavy (non-hydrogen) atoms. The molecule has 68 valence electrons. The van der Waals surface area contributed by atoms with Crippen LogP contribution in [0.1, 0.15) is 12.8 Å². The average molecular weight is 177 g/mol. The summed E-state index contributed by atoms with van der Waals surface area (Å²) in [4.78, 5) is 13.2. The fourth-order valence-electron chi connectivity index (χ4n) is 1.48. The van der Waals surface area contributed by atoms with Gasteiger partial charge in [0.2, 0.25) is 5.91 Å². The van der Waals surface area contributed by atoms with E-state index in [-0.39, 0.29) is 5.91 Å². The van der Waals surface area contributed by atoms with E-state index in [9.17, 15) is 4.79 Å². The van der Waals surface area contributed by atoms with Crippen molar-refractivity contribution in [2.45, 2.75) is 24.4 Å². The van der Waals surface area contributed by atoms with Crippen LogP contribution in [0.25, 0.3) is 0 Å². The zero-order chi connectivity index (χ0) is 9.47. The number of rotatable bonds is 1. The molecular formula is C9H11N3O. The van der Waals surface area contributed by atoms with Crippen LogP contribution in [0.15, 0.2) is 12.2 Å². The average Bonchev–Trinajstić information content (AvgIpc) is 2.71. The Bertz CT molecular complexity index is 311. The van der Waals surface area contributed by atoms with Gasteiger partial charge in [0, 0.05) is 6.54 Å². The Morgan fingerprint density at radius 3 is 2.92 bits per heavy atom. The maximum Gasteiger partial charge on any atom is 0.244 e. The quantitative estimate of drug-likeness (QED) is 0.562. The second-order valence-electron chi connectivity index (χ2n) is 3.62. The van der Waals surface area contributed by atoms with Crippen LogP contribution in [0.5, 0.6) is 0 Å². The molecule has 0 saturated heterocycles. The van der Waals surface area contributed by atoms with Crippen LogP contribution >= 0.6 is 0 Å². The minimum absolute atomic E-state index is 0.0796. The number of nitriles is 1. The van der Waals surface area contributed by atoms with E-state index in [0.29, 0.717) is 6.54 Å². The maximum atomic E-state index is 11.7. The summed E-state index contributed by atoms with van der Waals surface area (Å²) >= 11 is 0. The summed E-state index contributed by atoms with van der Waals surface area (Å²) in [5.41, 5.74) is 5.11. The predicted octanol–water partition coefficient (Wildman–Crippen LogP) is -0.232. The first-order valence-electron chi connectivity index (χ1n) is 4.34. The van der Waals surface area contributed by atoms with Crippen molar-refractivity contribution in [3.8, 4) is 6.07 Å². The second-order valence-corrected chi connectivity index (χ2v) is 3.62. The number of carbonyl (C=O) groups is 1. The van der Waals surface area contributed by atoms with Crippen LogP contribution < -0.4 is 5.73 Å². The molecule has 1 amide bonds. The van der Waals surface area contributed by atoms with Gasteiger partial charge in [-0.2, -0.15) is 5.26 Å². The standard InChI is InChI=1S/C9H11N3O/c10-6-7-2-1-5-12(7)8(13)9(11)3-4-9/h1-2,7H,3-5,11H2. The summed E-state index contributed by atoms with van der Waals surface area (Å²) in [6.45, 7) is 0.524. The van der Waals surface area contributed by atoms with Gasteiger partial charge in [-0.1, -0.05) is 6.08 Å². The fraction of sp³-hybridized carbons (Fsp3) is 0.556. The highest BCUT2D eigenvalue weighted by Crippen LogP contribution is 2.35. The van der Waals surface area contributed by atoms with E-state index in [4.69, 9.17) is 11.0 Å². The van der Waals surface area contributed by atoms with Gasteiger partial charge in [-0.3, -0.25) is 4.79 Å². The second kappa shape index (κ2) is 2.57. The van der Waals surface area contributed by atoms with E-state index >= 15 is 0 Å². The maximum absolute atomic E-state index is 11.7. The molecule has 1 fully saturated rings. The van der Waals surface area contributed by atoms with E-state index < -0.39 is 11.6 Å². The molecule has 4 heteroatoms. The summed E-state index contributed by atoms with van der Waals surface area (Å²) in [6, 6.07) is 1.65. The molecule has 1 heterocycles. The monoisotopic (exact) mass is 177 g/mol. The minimum atomic E-state index is -0.652. The Morgan fingerprint density at radius 1 is 1.69 bits per heavy atom. The first-order chi connectivity index (χ1) is 6.17. The Morgan fingerprint density at radius 2 is 2.38 bits per heavy atom. The van der Waals surface area contributed by atoms with Gasteiger partial charge in [-0.25, -0.2) is 0 Å². The summed E-state index contributed by atoms with van der Waals surface area (Å²) < 4.78 is 0. The number of carbonyl (C=O) groups excluding carboxylic acids is 1. The van der Waals surface area contributed by atoms with Crippen LogP contribution in [-0.2, 0) is 4.79 Å². The van der Waals surface area contributed by atoms with Crippen LogP contribution in [0.4, 0.5) is 0 Å². The minimum Gasteiger partial charge on any atom is -0.318 e. The Kier molecular flexibility index (Phi) is 1.64. The first-order valence-corrected chi connectivity index (χ1v) is 4.34. The molecule has 1 aliphatic heterocycles. The van der Waals surface area contributed by atoms with Crippen molar-refractivity contribution in [1.82, 2.24) is 4.90 Å². The summed E-state index contributed by atoms with van der Waals surface area (Å²) in [7, 11) is 0. The largest absolute Gasteiger partial charge is 0.318 e. The number of nitrogens with two attached hydrogens (primary N) is 1. The molecule has 4 nitrogen and oxygen atoms in total. The fourth-order valence-corrected chi connectivity index (χ4v) is 1.48. The first kappa shape index (κ1) is 8.27. The van der Waals surface area contributed by atoms with Crippen LogP contribution in [-0.4, -0.2) is 28.9 Å². The van der Waals surface area contributed by atoms with Gasteiger partial charge in [0.15, 0.2) is 0 Å². The van der Waals surface area contributed by atoms with Crippen molar-refractivity contribution in [3.05, 3.63) is 12.2 Å².